The first-order chi connectivity index (χ1) is 28.8. The third-order valence-corrected chi connectivity index (χ3v) is 15.0. The Hall–Kier alpha value is -4.15. The number of nitrogens with zero attached hydrogens (tertiary/aromatic N) is 2. The minimum absolute atomic E-state index is 0. The standard InChI is InChI=1S/C22H25F3N2O2S.C16H21F3N2.C6H5ClO2S.CH4/c23-22(24,25)18-10-11-21(27-13-12-16-6-4-5-7-17(16)15-27)20(14-18)26-30(28,29)19-8-2-1-3-9-19;17-16(18,19)13-5-6-15(14(20)9-13)21-8-7-11-3-1-2-4-12(11)10-21;7-10(8,9)6-4-2-1-3-5-6;/h1-3,8-11,14,16-17,26H,4-7,12-13,15H2;5-6,9,11-12H,1-4,7-8,10,20H2;1-5H;1H4/t16-,17-;11-,12-;;/m00../s1. The van der Waals surface area contributed by atoms with Gasteiger partial charge in [-0.1, -0.05) is 82.3 Å². The van der Waals surface area contributed by atoms with E-state index in [-0.39, 0.29) is 28.6 Å². The highest BCUT2D eigenvalue weighted by molar-refractivity contribution is 8.13. The lowest BCUT2D eigenvalue weighted by Gasteiger charge is -2.42. The van der Waals surface area contributed by atoms with Gasteiger partial charge in [0.1, 0.15) is 0 Å². The molecule has 8 nitrogen and oxygen atoms in total. The van der Waals surface area contributed by atoms with Gasteiger partial charge in [0.15, 0.2) is 0 Å². The van der Waals surface area contributed by atoms with E-state index in [1.807, 2.05) is 4.90 Å². The minimum Gasteiger partial charge on any atom is -0.397 e. The monoisotopic (exact) mass is 928 g/mol. The summed E-state index contributed by atoms with van der Waals surface area (Å²) in [6.07, 6.45) is 3.11. The lowest BCUT2D eigenvalue weighted by Crippen LogP contribution is -2.42. The molecule has 2 saturated heterocycles. The van der Waals surface area contributed by atoms with Crippen molar-refractivity contribution in [2.75, 3.05) is 46.4 Å². The Kier molecular flexibility index (Phi) is 16.2. The van der Waals surface area contributed by atoms with Crippen molar-refractivity contribution in [1.29, 1.82) is 0 Å². The summed E-state index contributed by atoms with van der Waals surface area (Å²) < 4.78 is 127. The van der Waals surface area contributed by atoms with Crippen LogP contribution in [0.15, 0.2) is 107 Å². The van der Waals surface area contributed by atoms with Crippen molar-refractivity contribution in [3.05, 3.63) is 108 Å². The van der Waals surface area contributed by atoms with E-state index in [9.17, 15) is 43.2 Å². The van der Waals surface area contributed by atoms with Gasteiger partial charge in [0.05, 0.1) is 43.7 Å². The van der Waals surface area contributed by atoms with Crippen LogP contribution in [0.3, 0.4) is 0 Å². The van der Waals surface area contributed by atoms with Gasteiger partial charge < -0.3 is 15.5 Å². The summed E-state index contributed by atoms with van der Waals surface area (Å²) in [6.45, 7) is 3.29. The number of hydrogen-bond donors (Lipinski definition) is 2. The number of nitrogens with two attached hydrogens (primary N) is 1. The molecule has 2 aliphatic carbocycles. The van der Waals surface area contributed by atoms with Crippen LogP contribution >= 0.6 is 10.7 Å². The van der Waals surface area contributed by atoms with Gasteiger partial charge in [-0.25, -0.2) is 16.8 Å². The van der Waals surface area contributed by atoms with Crippen LogP contribution in [0.1, 0.15) is 82.8 Å². The van der Waals surface area contributed by atoms with Crippen LogP contribution in [0.4, 0.5) is 49.1 Å². The topological polar surface area (TPSA) is 113 Å². The highest BCUT2D eigenvalue weighted by Crippen LogP contribution is 2.43. The summed E-state index contributed by atoms with van der Waals surface area (Å²) in [6, 6.07) is 22.6. The maximum Gasteiger partial charge on any atom is 0.416 e. The van der Waals surface area contributed by atoms with Crippen molar-refractivity contribution in [2.24, 2.45) is 23.7 Å². The first-order valence-electron chi connectivity index (χ1n) is 20.5. The second kappa shape index (κ2) is 20.6. The zero-order valence-corrected chi connectivity index (χ0v) is 35.9. The number of alkyl halides is 6. The Morgan fingerprint density at radius 1 is 0.565 bits per heavy atom. The van der Waals surface area contributed by atoms with Gasteiger partial charge in [-0.05, 0) is 110 Å². The number of fused-ring (bicyclic) bond motifs is 2. The lowest BCUT2D eigenvalue weighted by atomic mass is 9.75. The van der Waals surface area contributed by atoms with E-state index < -0.39 is 42.6 Å². The Bertz CT molecular complexity index is 2300. The Balaban J connectivity index is 0.000000196. The molecule has 4 fully saturated rings. The predicted molar refractivity (Wildman–Crippen MR) is 235 cm³/mol. The molecule has 4 aliphatic rings. The van der Waals surface area contributed by atoms with Crippen molar-refractivity contribution in [1.82, 2.24) is 0 Å². The third kappa shape index (κ3) is 12.7. The number of hydrogen-bond acceptors (Lipinski definition) is 7. The molecule has 0 radical (unpaired) electrons. The lowest BCUT2D eigenvalue weighted by molar-refractivity contribution is -0.138. The van der Waals surface area contributed by atoms with E-state index in [0.29, 0.717) is 30.0 Å². The summed E-state index contributed by atoms with van der Waals surface area (Å²) in [4.78, 5) is 4.35. The molecule has 0 unspecified atom stereocenters. The number of anilines is 4. The molecule has 2 heterocycles. The van der Waals surface area contributed by atoms with Crippen LogP contribution in [0.2, 0.25) is 0 Å². The molecule has 4 atom stereocenters. The van der Waals surface area contributed by atoms with Crippen molar-refractivity contribution in [3.8, 4) is 0 Å². The number of halogens is 7. The van der Waals surface area contributed by atoms with E-state index in [0.717, 1.165) is 74.8 Å². The second-order valence-corrected chi connectivity index (χ2v) is 20.5. The molecule has 0 amide bonds. The fourth-order valence-corrected chi connectivity index (χ4v) is 11.0. The zero-order valence-electron chi connectivity index (χ0n) is 33.5. The van der Waals surface area contributed by atoms with Crippen molar-refractivity contribution in [3.63, 3.8) is 0 Å². The second-order valence-electron chi connectivity index (χ2n) is 16.2. The van der Waals surface area contributed by atoms with Crippen molar-refractivity contribution >= 4 is 52.5 Å². The number of rotatable bonds is 6. The van der Waals surface area contributed by atoms with E-state index in [2.05, 4.69) is 9.62 Å². The van der Waals surface area contributed by atoms with E-state index >= 15 is 0 Å². The summed E-state index contributed by atoms with van der Waals surface area (Å²) in [5.41, 5.74) is 5.81. The number of piperidine rings is 2. The molecule has 8 rings (SSSR count). The summed E-state index contributed by atoms with van der Waals surface area (Å²) in [5.74, 6) is 2.64. The molecule has 340 valence electrons. The van der Waals surface area contributed by atoms with Crippen molar-refractivity contribution < 1.29 is 43.2 Å². The number of nitrogen functional groups attached to an aromatic ring is 1. The van der Waals surface area contributed by atoms with E-state index in [1.54, 1.807) is 36.4 Å². The van der Waals surface area contributed by atoms with E-state index in [1.165, 1.54) is 81.3 Å². The highest BCUT2D eigenvalue weighted by atomic mass is 35.7. The van der Waals surface area contributed by atoms with Gasteiger partial charge in [0.25, 0.3) is 19.1 Å². The van der Waals surface area contributed by atoms with Gasteiger partial charge in [0, 0.05) is 36.9 Å². The highest BCUT2D eigenvalue weighted by Gasteiger charge is 2.36. The van der Waals surface area contributed by atoms with E-state index in [4.69, 9.17) is 16.4 Å². The molecule has 4 aromatic rings. The molecular formula is C45H55ClF6N4O4S2. The van der Waals surface area contributed by atoms with Crippen LogP contribution in [0, 0.1) is 23.7 Å². The smallest absolute Gasteiger partial charge is 0.397 e. The first kappa shape index (κ1) is 48.9. The normalized spacial score (nSPS) is 21.7. The van der Waals surface area contributed by atoms with Gasteiger partial charge >= 0.3 is 12.4 Å². The third-order valence-electron chi connectivity index (χ3n) is 12.3. The fraction of sp³-hybridized carbons (Fsp3) is 0.467. The summed E-state index contributed by atoms with van der Waals surface area (Å²) in [5, 5.41) is 0. The molecule has 2 saturated carbocycles. The van der Waals surface area contributed by atoms with Crippen LogP contribution in [0.25, 0.3) is 0 Å². The van der Waals surface area contributed by atoms with Gasteiger partial charge in [0.2, 0.25) is 0 Å². The number of benzene rings is 4. The average molecular weight is 930 g/mol. The first-order valence-corrected chi connectivity index (χ1v) is 24.3. The molecule has 62 heavy (non-hydrogen) atoms. The van der Waals surface area contributed by atoms with Gasteiger partial charge in [-0.2, -0.15) is 26.3 Å². The maximum absolute atomic E-state index is 13.3. The molecule has 0 bridgehead atoms. The molecule has 17 heteroatoms. The predicted octanol–water partition coefficient (Wildman–Crippen LogP) is 12.1. The Morgan fingerprint density at radius 3 is 1.42 bits per heavy atom. The molecule has 2 aliphatic heterocycles. The Labute approximate surface area is 366 Å². The molecular weight excluding hydrogens is 874 g/mol. The fourth-order valence-electron chi connectivity index (χ4n) is 9.11. The quantitative estimate of drug-likeness (QED) is 0.112. The zero-order chi connectivity index (χ0) is 44.0. The SMILES string of the molecule is C.Nc1cc(C(F)(F)F)ccc1N1CC[C@@H]2CCCC[C@H]2C1.O=S(=O)(Cl)c1ccccc1.O=S(=O)(Nc1cc(C(F)(F)F)ccc1N1CC[C@@H]2CCCC[C@H]2C1)c1ccccc1. The maximum atomic E-state index is 13.3. The van der Waals surface area contributed by atoms with Crippen LogP contribution in [0.5, 0.6) is 0 Å². The number of sulfonamides is 1. The van der Waals surface area contributed by atoms with Crippen LogP contribution in [-0.4, -0.2) is 43.0 Å². The van der Waals surface area contributed by atoms with Crippen LogP contribution in [-0.2, 0) is 31.4 Å². The molecule has 0 spiro atoms. The largest absolute Gasteiger partial charge is 0.416 e. The van der Waals surface area contributed by atoms with Crippen LogP contribution < -0.4 is 20.3 Å². The molecule has 3 N–H and O–H groups in total. The molecule has 4 aromatic carbocycles. The summed E-state index contributed by atoms with van der Waals surface area (Å²) in [7, 11) is -2.50. The molecule has 0 aromatic heterocycles. The minimum atomic E-state index is -4.55. The van der Waals surface area contributed by atoms with Crippen molar-refractivity contribution in [2.45, 2.75) is 93.8 Å². The number of nitrogens with one attached hydrogen (secondary N) is 1. The average Bonchev–Trinajstić information content (AvgIpc) is 3.23. The Morgan fingerprint density at radius 2 is 0.984 bits per heavy atom. The van der Waals surface area contributed by atoms with Gasteiger partial charge in [-0.15, -0.1) is 0 Å². The summed E-state index contributed by atoms with van der Waals surface area (Å²) >= 11 is 0. The van der Waals surface area contributed by atoms with Gasteiger partial charge in [-0.3, -0.25) is 4.72 Å².